The minimum Gasteiger partial charge on any atom is -0.487 e. The van der Waals surface area contributed by atoms with E-state index in [1.807, 2.05) is 30.3 Å². The Balaban J connectivity index is 1.48. The predicted molar refractivity (Wildman–Crippen MR) is 102 cm³/mol. The number of para-hydroxylation sites is 1. The second-order valence-corrected chi connectivity index (χ2v) is 7.51. The van der Waals surface area contributed by atoms with Crippen molar-refractivity contribution in [2.75, 3.05) is 6.54 Å². The van der Waals surface area contributed by atoms with Gasteiger partial charge in [-0.25, -0.2) is 0 Å². The molecule has 1 aliphatic heterocycles. The number of carbonyl (C=O) groups excluding carboxylic acids is 2. The van der Waals surface area contributed by atoms with E-state index in [1.54, 1.807) is 17.0 Å². The number of nitrogens with one attached hydrogen (secondary N) is 1. The zero-order valence-electron chi connectivity index (χ0n) is 14.9. The van der Waals surface area contributed by atoms with Crippen molar-refractivity contribution in [3.05, 3.63) is 69.2 Å². The summed E-state index contributed by atoms with van der Waals surface area (Å²) in [6.07, 6.45) is 0.727. The van der Waals surface area contributed by atoms with Crippen molar-refractivity contribution in [1.82, 2.24) is 15.1 Å². The number of rotatable bonds is 5. The van der Waals surface area contributed by atoms with E-state index in [2.05, 4.69) is 10.2 Å². The van der Waals surface area contributed by atoms with Gasteiger partial charge in [0.15, 0.2) is 5.78 Å². The molecule has 0 aliphatic carbocycles. The first kappa shape index (κ1) is 17.5. The van der Waals surface area contributed by atoms with Gasteiger partial charge < -0.3 is 9.64 Å². The van der Waals surface area contributed by atoms with Gasteiger partial charge in [-0.05, 0) is 31.2 Å². The van der Waals surface area contributed by atoms with E-state index < -0.39 is 0 Å². The summed E-state index contributed by atoms with van der Waals surface area (Å²) in [5, 5.41) is 7.45. The van der Waals surface area contributed by atoms with Gasteiger partial charge in [0, 0.05) is 30.8 Å². The van der Waals surface area contributed by atoms with Crippen LogP contribution in [0.4, 0.5) is 0 Å². The van der Waals surface area contributed by atoms with E-state index in [0.29, 0.717) is 29.5 Å². The van der Waals surface area contributed by atoms with Gasteiger partial charge in [-0.2, -0.15) is 5.10 Å². The van der Waals surface area contributed by atoms with Crippen LogP contribution in [-0.2, 0) is 19.6 Å². The Morgan fingerprint density at radius 2 is 1.96 bits per heavy atom. The number of amides is 1. The number of thiophene rings is 1. The van der Waals surface area contributed by atoms with E-state index in [1.165, 1.54) is 18.3 Å². The lowest BCUT2D eigenvalue weighted by Gasteiger charge is -2.26. The van der Waals surface area contributed by atoms with Crippen LogP contribution in [0.2, 0.25) is 0 Å². The molecule has 1 aromatic carbocycles. The fraction of sp³-hybridized carbons (Fsp3) is 0.250. The number of Topliss-reactive ketones (excluding diaryl/α,β-unsaturated/α-hetero) is 1. The molecular formula is C20H19N3O3S. The van der Waals surface area contributed by atoms with E-state index in [0.717, 1.165) is 29.1 Å². The fourth-order valence-corrected chi connectivity index (χ4v) is 3.98. The summed E-state index contributed by atoms with van der Waals surface area (Å²) in [7, 11) is 0. The normalized spacial score (nSPS) is 13.3. The number of nitrogens with zero attached hydrogens (tertiary/aromatic N) is 2. The average Bonchev–Trinajstić information content (AvgIpc) is 3.34. The molecule has 4 rings (SSSR count). The van der Waals surface area contributed by atoms with Gasteiger partial charge >= 0.3 is 0 Å². The molecule has 0 unspecified atom stereocenters. The van der Waals surface area contributed by atoms with Gasteiger partial charge in [-0.1, -0.05) is 18.2 Å². The van der Waals surface area contributed by atoms with Crippen LogP contribution < -0.4 is 4.74 Å². The van der Waals surface area contributed by atoms with Gasteiger partial charge in [0.1, 0.15) is 18.1 Å². The van der Waals surface area contributed by atoms with E-state index >= 15 is 0 Å². The molecule has 1 N–H and O–H groups in total. The number of fused-ring (bicyclic) bond motifs is 1. The monoisotopic (exact) mass is 381 g/mol. The minimum absolute atomic E-state index is 0.0184. The Bertz CT molecular complexity index is 978. The molecule has 0 fully saturated rings. The number of aromatic amines is 1. The van der Waals surface area contributed by atoms with Crippen LogP contribution in [0, 0.1) is 0 Å². The summed E-state index contributed by atoms with van der Waals surface area (Å²) in [6, 6.07) is 13.0. The molecule has 3 aromatic rings. The van der Waals surface area contributed by atoms with Crippen molar-refractivity contribution >= 4 is 23.0 Å². The molecule has 0 radical (unpaired) electrons. The third kappa shape index (κ3) is 3.64. The molecular weight excluding hydrogens is 362 g/mol. The van der Waals surface area contributed by atoms with Crippen LogP contribution in [0.5, 0.6) is 5.75 Å². The predicted octanol–water partition coefficient (Wildman–Crippen LogP) is 3.45. The summed E-state index contributed by atoms with van der Waals surface area (Å²) in [4.78, 5) is 27.3. The van der Waals surface area contributed by atoms with Crippen LogP contribution in [0.1, 0.15) is 43.2 Å². The summed E-state index contributed by atoms with van der Waals surface area (Å²) in [5.41, 5.74) is 2.90. The number of hydrogen-bond donors (Lipinski definition) is 1. The van der Waals surface area contributed by atoms with E-state index in [-0.39, 0.29) is 11.7 Å². The quantitative estimate of drug-likeness (QED) is 0.687. The molecule has 2 aromatic heterocycles. The summed E-state index contributed by atoms with van der Waals surface area (Å²) in [6.45, 7) is 2.98. The van der Waals surface area contributed by atoms with Gasteiger partial charge in [0.25, 0.3) is 5.91 Å². The van der Waals surface area contributed by atoms with Gasteiger partial charge in [0.2, 0.25) is 0 Å². The van der Waals surface area contributed by atoms with Crippen molar-refractivity contribution in [2.45, 2.75) is 26.5 Å². The van der Waals surface area contributed by atoms with Crippen molar-refractivity contribution in [3.8, 4) is 5.75 Å². The molecule has 0 bridgehead atoms. The lowest BCUT2D eigenvalue weighted by atomic mass is 10.1. The third-order valence-corrected chi connectivity index (χ3v) is 5.76. The number of carbonyl (C=O) groups is 2. The molecule has 27 heavy (non-hydrogen) atoms. The molecule has 1 aliphatic rings. The van der Waals surface area contributed by atoms with Gasteiger partial charge in [-0.15, -0.1) is 11.3 Å². The first-order valence-electron chi connectivity index (χ1n) is 8.74. The standard InChI is InChI=1S/C20H19N3O3S/c1-13(24)18-7-8-19(27-18)20(25)23-10-9-16-15(11-23)17(22-21-16)12-26-14-5-3-2-4-6-14/h2-8H,9-12H2,1H3,(H,21,22). The third-order valence-electron chi connectivity index (χ3n) is 4.59. The van der Waals surface area contributed by atoms with Crippen molar-refractivity contribution in [3.63, 3.8) is 0 Å². The molecule has 138 valence electrons. The van der Waals surface area contributed by atoms with Gasteiger partial charge in [-0.3, -0.25) is 14.7 Å². The highest BCUT2D eigenvalue weighted by Gasteiger charge is 2.27. The number of ether oxygens (including phenoxy) is 1. The molecule has 0 spiro atoms. The Labute approximate surface area is 160 Å². The van der Waals surface area contributed by atoms with Crippen LogP contribution in [0.3, 0.4) is 0 Å². The van der Waals surface area contributed by atoms with Crippen molar-refractivity contribution in [1.29, 1.82) is 0 Å². The molecule has 3 heterocycles. The van der Waals surface area contributed by atoms with Crippen LogP contribution in [0.25, 0.3) is 0 Å². The Morgan fingerprint density at radius 3 is 2.70 bits per heavy atom. The van der Waals surface area contributed by atoms with E-state index in [4.69, 9.17) is 4.74 Å². The second kappa shape index (κ2) is 7.36. The van der Waals surface area contributed by atoms with Crippen LogP contribution in [-0.4, -0.2) is 33.3 Å². The fourth-order valence-electron chi connectivity index (χ4n) is 3.11. The first-order chi connectivity index (χ1) is 13.1. The number of H-pyrrole nitrogens is 1. The molecule has 7 heteroatoms. The van der Waals surface area contributed by atoms with Gasteiger partial charge in [0.05, 0.1) is 9.75 Å². The van der Waals surface area contributed by atoms with Crippen LogP contribution in [0.15, 0.2) is 42.5 Å². The Morgan fingerprint density at radius 1 is 1.19 bits per heavy atom. The smallest absolute Gasteiger partial charge is 0.264 e. The summed E-state index contributed by atoms with van der Waals surface area (Å²) in [5.74, 6) is 0.720. The highest BCUT2D eigenvalue weighted by atomic mass is 32.1. The largest absolute Gasteiger partial charge is 0.487 e. The summed E-state index contributed by atoms with van der Waals surface area (Å²) >= 11 is 1.25. The zero-order chi connectivity index (χ0) is 18.8. The minimum atomic E-state index is -0.0470. The zero-order valence-corrected chi connectivity index (χ0v) is 15.7. The SMILES string of the molecule is CC(=O)c1ccc(C(=O)N2CCc3[nH]nc(COc4ccccc4)c3C2)s1. The molecule has 0 saturated carbocycles. The lowest BCUT2D eigenvalue weighted by Crippen LogP contribution is -2.35. The topological polar surface area (TPSA) is 75.3 Å². The lowest BCUT2D eigenvalue weighted by molar-refractivity contribution is 0.0738. The molecule has 1 amide bonds. The van der Waals surface area contributed by atoms with Crippen molar-refractivity contribution < 1.29 is 14.3 Å². The Kier molecular flexibility index (Phi) is 4.77. The Hall–Kier alpha value is -2.93. The maximum Gasteiger partial charge on any atom is 0.264 e. The van der Waals surface area contributed by atoms with E-state index in [9.17, 15) is 9.59 Å². The van der Waals surface area contributed by atoms with Crippen molar-refractivity contribution in [2.24, 2.45) is 0 Å². The second-order valence-electron chi connectivity index (χ2n) is 6.43. The maximum absolute atomic E-state index is 12.8. The molecule has 0 atom stereocenters. The number of hydrogen-bond acceptors (Lipinski definition) is 5. The average molecular weight is 381 g/mol. The number of benzene rings is 1. The highest BCUT2D eigenvalue weighted by molar-refractivity contribution is 7.15. The highest BCUT2D eigenvalue weighted by Crippen LogP contribution is 2.25. The summed E-state index contributed by atoms with van der Waals surface area (Å²) < 4.78 is 5.81. The number of aromatic nitrogens is 2. The maximum atomic E-state index is 12.8. The number of ketones is 1. The molecule has 6 nitrogen and oxygen atoms in total. The van der Waals surface area contributed by atoms with Crippen LogP contribution >= 0.6 is 11.3 Å². The molecule has 0 saturated heterocycles. The first-order valence-corrected chi connectivity index (χ1v) is 9.56.